The molecule has 2 aromatic carbocycles. The van der Waals surface area contributed by atoms with Gasteiger partial charge < -0.3 is 28.8 Å². The monoisotopic (exact) mass is 410 g/mol. The highest BCUT2D eigenvalue weighted by molar-refractivity contribution is 5.99. The van der Waals surface area contributed by atoms with Gasteiger partial charge in [0.15, 0.2) is 23.0 Å². The van der Waals surface area contributed by atoms with Crippen LogP contribution in [0.2, 0.25) is 0 Å². The lowest BCUT2D eigenvalue weighted by Crippen LogP contribution is -2.28. The lowest BCUT2D eigenvalue weighted by atomic mass is 10.1. The third-order valence-corrected chi connectivity index (χ3v) is 5.81. The molecular formula is C23H26N2O5. The lowest BCUT2D eigenvalue weighted by Gasteiger charge is -2.16. The zero-order chi connectivity index (χ0) is 21.4. The van der Waals surface area contributed by atoms with Gasteiger partial charge >= 0.3 is 0 Å². The van der Waals surface area contributed by atoms with Crippen molar-refractivity contribution >= 4 is 16.8 Å². The number of hydrogen-bond acceptors (Lipinski definition) is 5. The largest absolute Gasteiger partial charge is 0.493 e. The molecule has 0 saturated heterocycles. The molecule has 1 atom stereocenters. The van der Waals surface area contributed by atoms with Crippen LogP contribution < -0.4 is 24.3 Å². The summed E-state index contributed by atoms with van der Waals surface area (Å²) >= 11 is 0. The molecule has 1 aliphatic carbocycles. The molecule has 0 radical (unpaired) electrons. The van der Waals surface area contributed by atoms with Gasteiger partial charge in [0.1, 0.15) is 5.69 Å². The first-order valence-corrected chi connectivity index (χ1v) is 9.77. The predicted molar refractivity (Wildman–Crippen MR) is 114 cm³/mol. The maximum atomic E-state index is 13.1. The Hall–Kier alpha value is -3.35. The van der Waals surface area contributed by atoms with Crippen molar-refractivity contribution in [3.63, 3.8) is 0 Å². The van der Waals surface area contributed by atoms with Crippen molar-refractivity contribution in [2.24, 2.45) is 7.05 Å². The number of nitrogens with zero attached hydrogens (tertiary/aromatic N) is 1. The molecule has 0 bridgehead atoms. The van der Waals surface area contributed by atoms with Crippen molar-refractivity contribution in [3.05, 3.63) is 47.2 Å². The van der Waals surface area contributed by atoms with Gasteiger partial charge in [0.2, 0.25) is 0 Å². The number of carbonyl (C=O) groups excluding carboxylic acids is 1. The van der Waals surface area contributed by atoms with Crippen LogP contribution in [0.25, 0.3) is 10.9 Å². The van der Waals surface area contributed by atoms with Crippen molar-refractivity contribution in [1.29, 1.82) is 0 Å². The van der Waals surface area contributed by atoms with E-state index in [1.165, 1.54) is 5.56 Å². The quantitative estimate of drug-likeness (QED) is 0.672. The highest BCUT2D eigenvalue weighted by atomic mass is 16.5. The fraction of sp³-hybridized carbons (Fsp3) is 0.348. The first kappa shape index (κ1) is 19.9. The van der Waals surface area contributed by atoms with E-state index < -0.39 is 0 Å². The minimum atomic E-state index is -0.126. The van der Waals surface area contributed by atoms with E-state index in [2.05, 4.69) is 5.32 Å². The SMILES string of the molecule is COc1cc2c(cc1OC)C(NC(=O)c1cc3cc(OC)c(OC)cc3n1C)CC2. The Morgan fingerprint density at radius 3 is 2.17 bits per heavy atom. The molecular weight excluding hydrogens is 384 g/mol. The smallest absolute Gasteiger partial charge is 0.268 e. The van der Waals surface area contributed by atoms with Gasteiger partial charge in [-0.25, -0.2) is 0 Å². The number of benzene rings is 2. The molecule has 158 valence electrons. The molecule has 0 fully saturated rings. The van der Waals surface area contributed by atoms with Crippen LogP contribution >= 0.6 is 0 Å². The second-order valence-electron chi connectivity index (χ2n) is 7.33. The van der Waals surface area contributed by atoms with Crippen molar-refractivity contribution < 1.29 is 23.7 Å². The number of methoxy groups -OCH3 is 4. The standard InChI is InChI=1S/C23H26N2O5/c1-25-17-12-22(30-5)20(28-3)10-14(17)8-18(25)23(26)24-16-7-6-13-9-19(27-2)21(29-4)11-15(13)16/h8-12,16H,6-7H2,1-5H3,(H,24,26). The summed E-state index contributed by atoms with van der Waals surface area (Å²) in [4.78, 5) is 13.1. The third kappa shape index (κ3) is 3.20. The van der Waals surface area contributed by atoms with E-state index in [1.807, 2.05) is 41.9 Å². The highest BCUT2D eigenvalue weighted by Gasteiger charge is 2.27. The van der Waals surface area contributed by atoms with Gasteiger partial charge in [0.05, 0.1) is 40.0 Å². The zero-order valence-corrected chi connectivity index (χ0v) is 17.9. The highest BCUT2D eigenvalue weighted by Crippen LogP contribution is 2.39. The summed E-state index contributed by atoms with van der Waals surface area (Å²) in [5, 5.41) is 4.10. The number of rotatable bonds is 6. The number of aryl methyl sites for hydroxylation is 2. The lowest BCUT2D eigenvalue weighted by molar-refractivity contribution is 0.0929. The van der Waals surface area contributed by atoms with Crippen LogP contribution in [-0.2, 0) is 13.5 Å². The van der Waals surface area contributed by atoms with Crippen molar-refractivity contribution in [1.82, 2.24) is 9.88 Å². The molecule has 1 amide bonds. The van der Waals surface area contributed by atoms with Crippen LogP contribution in [0.1, 0.15) is 34.1 Å². The molecule has 0 saturated carbocycles. The Bertz CT molecular complexity index is 1120. The van der Waals surface area contributed by atoms with Gasteiger partial charge in [-0.3, -0.25) is 4.79 Å². The summed E-state index contributed by atoms with van der Waals surface area (Å²) in [6.07, 6.45) is 1.72. The summed E-state index contributed by atoms with van der Waals surface area (Å²) in [5.41, 5.74) is 3.72. The average molecular weight is 410 g/mol. The third-order valence-electron chi connectivity index (χ3n) is 5.81. The van der Waals surface area contributed by atoms with E-state index in [-0.39, 0.29) is 11.9 Å². The number of aromatic nitrogens is 1. The van der Waals surface area contributed by atoms with Crippen LogP contribution in [0.5, 0.6) is 23.0 Å². The summed E-state index contributed by atoms with van der Waals surface area (Å²) in [5.74, 6) is 2.51. The van der Waals surface area contributed by atoms with E-state index >= 15 is 0 Å². The fourth-order valence-corrected chi connectivity index (χ4v) is 4.20. The maximum absolute atomic E-state index is 13.1. The fourth-order valence-electron chi connectivity index (χ4n) is 4.20. The molecule has 1 N–H and O–H groups in total. The Morgan fingerprint density at radius 1 is 0.900 bits per heavy atom. The van der Waals surface area contributed by atoms with Gasteiger partial charge in [0, 0.05) is 18.5 Å². The molecule has 1 unspecified atom stereocenters. The second kappa shape index (κ2) is 7.82. The van der Waals surface area contributed by atoms with Crippen LogP contribution in [0.3, 0.4) is 0 Å². The van der Waals surface area contributed by atoms with E-state index in [9.17, 15) is 4.79 Å². The number of amides is 1. The molecule has 1 aliphatic rings. The number of hydrogen-bond donors (Lipinski definition) is 1. The summed E-state index contributed by atoms with van der Waals surface area (Å²) in [6, 6.07) is 9.52. The molecule has 1 heterocycles. The van der Waals surface area contributed by atoms with Crippen molar-refractivity contribution in [2.45, 2.75) is 18.9 Å². The molecule has 3 aromatic rings. The number of fused-ring (bicyclic) bond motifs is 2. The second-order valence-corrected chi connectivity index (χ2v) is 7.33. The molecule has 0 spiro atoms. The molecule has 4 rings (SSSR count). The molecule has 30 heavy (non-hydrogen) atoms. The Kier molecular flexibility index (Phi) is 5.20. The van der Waals surface area contributed by atoms with E-state index in [0.29, 0.717) is 28.7 Å². The van der Waals surface area contributed by atoms with E-state index in [1.54, 1.807) is 28.4 Å². The first-order valence-electron chi connectivity index (χ1n) is 9.77. The first-order chi connectivity index (χ1) is 14.5. The summed E-state index contributed by atoms with van der Waals surface area (Å²) < 4.78 is 23.5. The van der Waals surface area contributed by atoms with E-state index in [0.717, 1.165) is 29.3 Å². The van der Waals surface area contributed by atoms with Crippen LogP contribution in [-0.4, -0.2) is 38.9 Å². The number of ether oxygens (including phenoxy) is 4. The van der Waals surface area contributed by atoms with Crippen LogP contribution in [0.15, 0.2) is 30.3 Å². The number of nitrogens with one attached hydrogen (secondary N) is 1. The maximum Gasteiger partial charge on any atom is 0.268 e. The summed E-state index contributed by atoms with van der Waals surface area (Å²) in [7, 11) is 8.31. The van der Waals surface area contributed by atoms with Crippen LogP contribution in [0, 0.1) is 0 Å². The Balaban J connectivity index is 1.64. The molecule has 7 heteroatoms. The molecule has 7 nitrogen and oxygen atoms in total. The molecule has 0 aliphatic heterocycles. The number of carbonyl (C=O) groups is 1. The van der Waals surface area contributed by atoms with Gasteiger partial charge in [-0.1, -0.05) is 0 Å². The van der Waals surface area contributed by atoms with Gasteiger partial charge in [0.25, 0.3) is 5.91 Å². The van der Waals surface area contributed by atoms with Crippen molar-refractivity contribution in [2.75, 3.05) is 28.4 Å². The zero-order valence-electron chi connectivity index (χ0n) is 17.9. The Labute approximate surface area is 175 Å². The van der Waals surface area contributed by atoms with Crippen molar-refractivity contribution in [3.8, 4) is 23.0 Å². The van der Waals surface area contributed by atoms with E-state index in [4.69, 9.17) is 18.9 Å². The van der Waals surface area contributed by atoms with Gasteiger partial charge in [-0.15, -0.1) is 0 Å². The normalized spacial score (nSPS) is 15.0. The van der Waals surface area contributed by atoms with Gasteiger partial charge in [-0.05, 0) is 48.2 Å². The summed E-state index contributed by atoms with van der Waals surface area (Å²) in [6.45, 7) is 0. The predicted octanol–water partition coefficient (Wildman–Crippen LogP) is 3.63. The Morgan fingerprint density at radius 2 is 1.50 bits per heavy atom. The van der Waals surface area contributed by atoms with Crippen LogP contribution in [0.4, 0.5) is 0 Å². The minimum absolute atomic E-state index is 0.0746. The van der Waals surface area contributed by atoms with Gasteiger partial charge in [-0.2, -0.15) is 0 Å². The topological polar surface area (TPSA) is 71.0 Å². The average Bonchev–Trinajstić information content (AvgIpc) is 3.31. The minimum Gasteiger partial charge on any atom is -0.493 e. The molecule has 1 aromatic heterocycles.